The molecule has 0 saturated carbocycles. The Morgan fingerprint density at radius 3 is 2.36 bits per heavy atom. The average Bonchev–Trinajstić information content (AvgIpc) is 3.37. The summed E-state index contributed by atoms with van der Waals surface area (Å²) in [5.74, 6) is -0.920. The SMILES string of the molecule is CC(C)CN(CC(=O)N(CCc1c[nH]c2ccccc12)Cc1ccc(C(F)(F)F)cc1)C(=O)c1cccc([N+](=O)[O-])c1. The number of carbonyl (C=O) groups is 2. The smallest absolute Gasteiger partial charge is 0.361 e. The molecule has 2 amide bonds. The molecule has 0 fully saturated rings. The summed E-state index contributed by atoms with van der Waals surface area (Å²) < 4.78 is 39.3. The molecule has 0 bridgehead atoms. The minimum atomic E-state index is -4.48. The zero-order valence-electron chi connectivity index (χ0n) is 23.2. The maximum Gasteiger partial charge on any atom is 0.416 e. The van der Waals surface area contributed by atoms with E-state index in [1.54, 1.807) is 0 Å². The van der Waals surface area contributed by atoms with Gasteiger partial charge in [0, 0.05) is 54.4 Å². The molecule has 0 aliphatic heterocycles. The van der Waals surface area contributed by atoms with E-state index in [2.05, 4.69) is 4.98 Å². The second kappa shape index (κ2) is 12.9. The predicted molar refractivity (Wildman–Crippen MR) is 153 cm³/mol. The van der Waals surface area contributed by atoms with Crippen LogP contribution in [0.2, 0.25) is 0 Å². The van der Waals surface area contributed by atoms with Crippen LogP contribution in [0.15, 0.2) is 79.0 Å². The van der Waals surface area contributed by atoms with Crippen LogP contribution in [0.3, 0.4) is 0 Å². The van der Waals surface area contributed by atoms with Crippen molar-refractivity contribution in [1.29, 1.82) is 0 Å². The largest absolute Gasteiger partial charge is 0.416 e. The Balaban J connectivity index is 1.58. The molecule has 4 rings (SSSR count). The predicted octanol–water partition coefficient (Wildman–Crippen LogP) is 6.46. The van der Waals surface area contributed by atoms with E-state index in [-0.39, 0.29) is 43.3 Å². The van der Waals surface area contributed by atoms with Gasteiger partial charge in [0.25, 0.3) is 11.6 Å². The zero-order chi connectivity index (χ0) is 30.4. The molecule has 0 radical (unpaired) electrons. The van der Waals surface area contributed by atoms with Gasteiger partial charge < -0.3 is 14.8 Å². The van der Waals surface area contributed by atoms with Crippen molar-refractivity contribution in [2.45, 2.75) is 33.0 Å². The van der Waals surface area contributed by atoms with Gasteiger partial charge in [-0.3, -0.25) is 19.7 Å². The molecule has 4 aromatic rings. The van der Waals surface area contributed by atoms with Gasteiger partial charge in [0.2, 0.25) is 5.91 Å². The number of aromatic nitrogens is 1. The van der Waals surface area contributed by atoms with Gasteiger partial charge in [-0.15, -0.1) is 0 Å². The van der Waals surface area contributed by atoms with E-state index in [4.69, 9.17) is 0 Å². The van der Waals surface area contributed by atoms with Gasteiger partial charge in [0.15, 0.2) is 0 Å². The first-order valence-corrected chi connectivity index (χ1v) is 13.4. The molecule has 0 unspecified atom stereocenters. The molecule has 0 atom stereocenters. The number of amides is 2. The molecule has 3 aromatic carbocycles. The van der Waals surface area contributed by atoms with Crippen molar-refractivity contribution in [2.24, 2.45) is 5.92 Å². The number of rotatable bonds is 11. The minimum Gasteiger partial charge on any atom is -0.361 e. The molecule has 1 aromatic heterocycles. The molecular formula is C31H31F3N4O4. The molecule has 0 aliphatic rings. The quantitative estimate of drug-likeness (QED) is 0.162. The summed E-state index contributed by atoms with van der Waals surface area (Å²) >= 11 is 0. The number of fused-ring (bicyclic) bond motifs is 1. The third-order valence-corrected chi connectivity index (χ3v) is 6.84. The van der Waals surface area contributed by atoms with Crippen molar-refractivity contribution < 1.29 is 27.7 Å². The van der Waals surface area contributed by atoms with Gasteiger partial charge in [0.1, 0.15) is 6.54 Å². The Bertz CT molecular complexity index is 1560. The van der Waals surface area contributed by atoms with Crippen LogP contribution in [-0.4, -0.2) is 51.2 Å². The number of nitro groups is 1. The Kier molecular flexibility index (Phi) is 9.29. The number of nitrogens with one attached hydrogen (secondary N) is 1. The van der Waals surface area contributed by atoms with Crippen LogP contribution in [0.1, 0.15) is 40.9 Å². The van der Waals surface area contributed by atoms with Crippen molar-refractivity contribution >= 4 is 28.4 Å². The van der Waals surface area contributed by atoms with Crippen LogP contribution in [0.4, 0.5) is 18.9 Å². The molecule has 1 N–H and O–H groups in total. The van der Waals surface area contributed by atoms with E-state index >= 15 is 0 Å². The summed E-state index contributed by atoms with van der Waals surface area (Å²) in [4.78, 5) is 43.9. The first kappa shape index (κ1) is 30.3. The lowest BCUT2D eigenvalue weighted by Crippen LogP contribution is -2.44. The number of hydrogen-bond donors (Lipinski definition) is 1. The third kappa shape index (κ3) is 7.54. The highest BCUT2D eigenvalue weighted by Gasteiger charge is 2.30. The summed E-state index contributed by atoms with van der Waals surface area (Å²) in [6.07, 6.45) is -2.14. The fourth-order valence-corrected chi connectivity index (χ4v) is 4.76. The Hall–Kier alpha value is -4.67. The summed E-state index contributed by atoms with van der Waals surface area (Å²) in [6.45, 7) is 3.99. The number of benzene rings is 3. The fourth-order valence-electron chi connectivity index (χ4n) is 4.76. The van der Waals surface area contributed by atoms with E-state index < -0.39 is 28.5 Å². The van der Waals surface area contributed by atoms with E-state index in [0.29, 0.717) is 12.0 Å². The van der Waals surface area contributed by atoms with Crippen molar-refractivity contribution in [3.8, 4) is 0 Å². The average molecular weight is 581 g/mol. The Morgan fingerprint density at radius 1 is 0.976 bits per heavy atom. The van der Waals surface area contributed by atoms with E-state index in [1.807, 2.05) is 44.3 Å². The van der Waals surface area contributed by atoms with Gasteiger partial charge in [-0.2, -0.15) is 13.2 Å². The first-order chi connectivity index (χ1) is 19.9. The lowest BCUT2D eigenvalue weighted by Gasteiger charge is -2.29. The number of hydrogen-bond acceptors (Lipinski definition) is 4. The van der Waals surface area contributed by atoms with Crippen molar-refractivity contribution in [3.05, 3.63) is 111 Å². The van der Waals surface area contributed by atoms with Crippen molar-refractivity contribution in [3.63, 3.8) is 0 Å². The number of para-hydroxylation sites is 1. The van der Waals surface area contributed by atoms with Crippen LogP contribution < -0.4 is 0 Å². The van der Waals surface area contributed by atoms with Gasteiger partial charge in [-0.05, 0) is 47.7 Å². The van der Waals surface area contributed by atoms with Crippen molar-refractivity contribution in [1.82, 2.24) is 14.8 Å². The lowest BCUT2D eigenvalue weighted by molar-refractivity contribution is -0.384. The molecular weight excluding hydrogens is 549 g/mol. The number of halogens is 3. The van der Waals surface area contributed by atoms with Gasteiger partial charge in [-0.1, -0.05) is 50.2 Å². The Morgan fingerprint density at radius 2 is 1.69 bits per heavy atom. The molecule has 1 heterocycles. The molecule has 220 valence electrons. The third-order valence-electron chi connectivity index (χ3n) is 6.84. The minimum absolute atomic E-state index is 0.00460. The maximum absolute atomic E-state index is 13.7. The van der Waals surface area contributed by atoms with E-state index in [1.165, 1.54) is 46.2 Å². The van der Waals surface area contributed by atoms with Crippen LogP contribution >= 0.6 is 0 Å². The number of nitro benzene ring substituents is 1. The molecule has 0 spiro atoms. The standard InChI is InChI=1S/C31H31F3N4O4/c1-21(2)18-37(30(40)23-6-5-7-26(16-23)38(41)42)20-29(39)36(19-22-10-12-25(13-11-22)31(32,33)34)15-14-24-17-35-28-9-4-3-8-27(24)28/h3-13,16-17,21,35H,14-15,18-20H2,1-2H3. The molecule has 0 saturated heterocycles. The second-order valence-corrected chi connectivity index (χ2v) is 10.5. The number of H-pyrrole nitrogens is 1. The number of non-ortho nitro benzene ring substituents is 1. The van der Waals surface area contributed by atoms with E-state index in [9.17, 15) is 32.9 Å². The maximum atomic E-state index is 13.7. The van der Waals surface area contributed by atoms with Crippen LogP contribution in [-0.2, 0) is 23.9 Å². The highest BCUT2D eigenvalue weighted by molar-refractivity contribution is 5.97. The fraction of sp³-hybridized carbons (Fsp3) is 0.290. The zero-order valence-corrected chi connectivity index (χ0v) is 23.2. The van der Waals surface area contributed by atoms with Gasteiger partial charge in [0.05, 0.1) is 10.5 Å². The lowest BCUT2D eigenvalue weighted by atomic mass is 10.1. The van der Waals surface area contributed by atoms with Crippen molar-refractivity contribution in [2.75, 3.05) is 19.6 Å². The number of nitrogens with zero attached hydrogens (tertiary/aromatic N) is 3. The second-order valence-electron chi connectivity index (χ2n) is 10.5. The molecule has 11 heteroatoms. The van der Waals surface area contributed by atoms with Gasteiger partial charge >= 0.3 is 6.18 Å². The number of carbonyl (C=O) groups excluding carboxylic acids is 2. The normalized spacial score (nSPS) is 11.6. The highest BCUT2D eigenvalue weighted by Crippen LogP contribution is 2.29. The molecule has 8 nitrogen and oxygen atoms in total. The summed E-state index contributed by atoms with van der Waals surface area (Å²) in [7, 11) is 0. The number of alkyl halides is 3. The summed E-state index contributed by atoms with van der Waals surface area (Å²) in [5, 5.41) is 12.2. The summed E-state index contributed by atoms with van der Waals surface area (Å²) in [5.41, 5.74) is 1.50. The van der Waals surface area contributed by atoms with Crippen LogP contribution in [0.25, 0.3) is 10.9 Å². The topological polar surface area (TPSA) is 99.6 Å². The molecule has 0 aliphatic carbocycles. The Labute approximate surface area is 240 Å². The van der Waals surface area contributed by atoms with E-state index in [0.717, 1.165) is 28.6 Å². The molecule has 42 heavy (non-hydrogen) atoms. The first-order valence-electron chi connectivity index (χ1n) is 13.4. The summed E-state index contributed by atoms with van der Waals surface area (Å²) in [6, 6.07) is 17.7. The monoisotopic (exact) mass is 580 g/mol. The van der Waals surface area contributed by atoms with Crippen LogP contribution in [0, 0.1) is 16.0 Å². The highest BCUT2D eigenvalue weighted by atomic mass is 19.4. The van der Waals surface area contributed by atoms with Gasteiger partial charge in [-0.25, -0.2) is 0 Å². The number of aromatic amines is 1. The van der Waals surface area contributed by atoms with Crippen LogP contribution in [0.5, 0.6) is 0 Å².